The predicted molar refractivity (Wildman–Crippen MR) is 72.9 cm³/mol. The number of aryl methyl sites for hydroxylation is 2. The van der Waals surface area contributed by atoms with E-state index in [1.165, 1.54) is 18.2 Å². The zero-order valence-corrected chi connectivity index (χ0v) is 11.0. The molecule has 2 rings (SSSR count). The first-order valence-electron chi connectivity index (χ1n) is 6.11. The molecule has 0 aliphatic rings. The zero-order chi connectivity index (χ0) is 13.8. The number of anilines is 1. The minimum Gasteiger partial charge on any atom is -0.383 e. The van der Waals surface area contributed by atoms with E-state index in [0.717, 1.165) is 5.69 Å². The van der Waals surface area contributed by atoms with Crippen molar-refractivity contribution in [1.29, 1.82) is 0 Å². The molecule has 0 unspecified atom stereocenters. The summed E-state index contributed by atoms with van der Waals surface area (Å²) < 4.78 is 14.6. The van der Waals surface area contributed by atoms with E-state index in [9.17, 15) is 9.18 Å². The summed E-state index contributed by atoms with van der Waals surface area (Å²) in [6.45, 7) is 4.63. The zero-order valence-electron chi connectivity index (χ0n) is 11.0. The number of hydrogen-bond donors (Lipinski definition) is 1. The fourth-order valence-corrected chi connectivity index (χ4v) is 1.95. The molecule has 5 heteroatoms. The molecule has 0 aliphatic heterocycles. The minimum absolute atomic E-state index is 0.0638. The normalized spacial score (nSPS) is 10.5. The van der Waals surface area contributed by atoms with Crippen molar-refractivity contribution in [3.8, 4) is 0 Å². The number of aromatic nitrogens is 2. The number of nitrogens with zero attached hydrogens (tertiary/aromatic N) is 2. The van der Waals surface area contributed by atoms with Crippen molar-refractivity contribution in [1.82, 2.24) is 9.55 Å². The highest BCUT2D eigenvalue weighted by molar-refractivity contribution is 5.42. The third-order valence-corrected chi connectivity index (χ3v) is 2.82. The van der Waals surface area contributed by atoms with E-state index < -0.39 is 0 Å². The van der Waals surface area contributed by atoms with Crippen molar-refractivity contribution < 1.29 is 4.39 Å². The van der Waals surface area contributed by atoms with Gasteiger partial charge in [0.2, 0.25) is 0 Å². The van der Waals surface area contributed by atoms with Crippen LogP contribution in [0.5, 0.6) is 0 Å². The number of rotatable bonds is 4. The van der Waals surface area contributed by atoms with Gasteiger partial charge in [-0.3, -0.25) is 9.36 Å². The van der Waals surface area contributed by atoms with Crippen LogP contribution in [0.1, 0.15) is 11.5 Å². The van der Waals surface area contributed by atoms with Gasteiger partial charge in [-0.1, -0.05) is 6.07 Å². The van der Waals surface area contributed by atoms with Crippen molar-refractivity contribution in [3.63, 3.8) is 0 Å². The average molecular weight is 261 g/mol. The number of hydrogen-bond acceptors (Lipinski definition) is 3. The third-order valence-electron chi connectivity index (χ3n) is 2.82. The largest absolute Gasteiger partial charge is 0.383 e. The number of benzene rings is 1. The molecule has 0 atom stereocenters. The van der Waals surface area contributed by atoms with Crippen LogP contribution in [-0.2, 0) is 6.54 Å². The topological polar surface area (TPSA) is 46.9 Å². The van der Waals surface area contributed by atoms with Crippen molar-refractivity contribution in [3.05, 3.63) is 58.0 Å². The van der Waals surface area contributed by atoms with E-state index >= 15 is 0 Å². The predicted octanol–water partition coefficient (Wildman–Crippen LogP) is 2.11. The minimum atomic E-state index is -0.282. The summed E-state index contributed by atoms with van der Waals surface area (Å²) >= 11 is 0. The molecule has 0 radical (unpaired) electrons. The van der Waals surface area contributed by atoms with E-state index in [0.29, 0.717) is 24.6 Å². The highest BCUT2D eigenvalue weighted by Crippen LogP contribution is 2.08. The van der Waals surface area contributed by atoms with E-state index in [1.54, 1.807) is 30.5 Å². The molecule has 19 heavy (non-hydrogen) atoms. The van der Waals surface area contributed by atoms with Gasteiger partial charge in [-0.25, -0.2) is 9.37 Å². The van der Waals surface area contributed by atoms with Crippen LogP contribution in [0.2, 0.25) is 0 Å². The molecule has 100 valence electrons. The Morgan fingerprint density at radius 1 is 1.32 bits per heavy atom. The maximum Gasteiger partial charge on any atom is 0.253 e. The lowest BCUT2D eigenvalue weighted by Gasteiger charge is -2.11. The Labute approximate surface area is 110 Å². The second-order valence-electron chi connectivity index (χ2n) is 4.37. The van der Waals surface area contributed by atoms with Gasteiger partial charge < -0.3 is 5.32 Å². The summed E-state index contributed by atoms with van der Waals surface area (Å²) in [6.07, 6.45) is 0. The highest BCUT2D eigenvalue weighted by atomic mass is 19.1. The molecule has 1 N–H and O–H groups in total. The number of halogens is 1. The highest BCUT2D eigenvalue weighted by Gasteiger charge is 2.02. The lowest BCUT2D eigenvalue weighted by molar-refractivity contribution is 0.626. The molecular formula is C14H16FN3O. The molecule has 0 amide bonds. The van der Waals surface area contributed by atoms with Crippen molar-refractivity contribution in [2.45, 2.75) is 20.4 Å². The molecule has 0 spiro atoms. The Morgan fingerprint density at radius 2 is 2.11 bits per heavy atom. The standard InChI is InChI=1S/C14H16FN3O/c1-10-8-14(19)18(11(2)17-10)7-6-16-13-5-3-4-12(15)9-13/h3-5,8-9,16H,6-7H2,1-2H3. The van der Waals surface area contributed by atoms with Crippen LogP contribution in [0.15, 0.2) is 35.1 Å². The van der Waals surface area contributed by atoms with Gasteiger partial charge in [-0.2, -0.15) is 0 Å². The van der Waals surface area contributed by atoms with Crippen LogP contribution in [0.25, 0.3) is 0 Å². The van der Waals surface area contributed by atoms with Crippen LogP contribution < -0.4 is 10.9 Å². The molecule has 0 aliphatic carbocycles. The molecule has 0 saturated heterocycles. The summed E-state index contributed by atoms with van der Waals surface area (Å²) in [5.74, 6) is 0.404. The van der Waals surface area contributed by atoms with Gasteiger partial charge in [-0.05, 0) is 32.0 Å². The quantitative estimate of drug-likeness (QED) is 0.917. The Balaban J connectivity index is 2.02. The van der Waals surface area contributed by atoms with Gasteiger partial charge in [0, 0.05) is 30.5 Å². The molecule has 1 aromatic carbocycles. The van der Waals surface area contributed by atoms with Gasteiger partial charge in [0.25, 0.3) is 5.56 Å². The fraction of sp³-hybridized carbons (Fsp3) is 0.286. The van der Waals surface area contributed by atoms with E-state index in [4.69, 9.17) is 0 Å². The first-order chi connectivity index (χ1) is 9.06. The smallest absolute Gasteiger partial charge is 0.253 e. The van der Waals surface area contributed by atoms with Gasteiger partial charge >= 0.3 is 0 Å². The van der Waals surface area contributed by atoms with E-state index in [1.807, 2.05) is 0 Å². The van der Waals surface area contributed by atoms with Gasteiger partial charge in [0.15, 0.2) is 0 Å². The Kier molecular flexibility index (Phi) is 3.94. The van der Waals surface area contributed by atoms with Gasteiger partial charge in [0.05, 0.1) is 0 Å². The van der Waals surface area contributed by atoms with Crippen molar-refractivity contribution in [2.75, 3.05) is 11.9 Å². The van der Waals surface area contributed by atoms with Crippen molar-refractivity contribution in [2.24, 2.45) is 0 Å². The lowest BCUT2D eigenvalue weighted by Crippen LogP contribution is -2.26. The van der Waals surface area contributed by atoms with Crippen molar-refractivity contribution >= 4 is 5.69 Å². The number of nitrogens with one attached hydrogen (secondary N) is 1. The van der Waals surface area contributed by atoms with Crippen LogP contribution in [0.4, 0.5) is 10.1 Å². The molecule has 1 aromatic heterocycles. The molecule has 2 aromatic rings. The second kappa shape index (κ2) is 5.65. The average Bonchev–Trinajstić information content (AvgIpc) is 2.32. The molecule has 0 saturated carbocycles. The monoisotopic (exact) mass is 261 g/mol. The Morgan fingerprint density at radius 3 is 2.79 bits per heavy atom. The maximum absolute atomic E-state index is 13.0. The first kappa shape index (κ1) is 13.3. The summed E-state index contributed by atoms with van der Waals surface area (Å²) in [5, 5.41) is 3.08. The maximum atomic E-state index is 13.0. The van der Waals surface area contributed by atoms with Crippen LogP contribution in [-0.4, -0.2) is 16.1 Å². The summed E-state index contributed by atoms with van der Waals surface area (Å²) in [6, 6.07) is 7.75. The Hall–Kier alpha value is -2.17. The van der Waals surface area contributed by atoms with Crippen LogP contribution in [0, 0.1) is 19.7 Å². The summed E-state index contributed by atoms with van der Waals surface area (Å²) in [7, 11) is 0. The summed E-state index contributed by atoms with van der Waals surface area (Å²) in [4.78, 5) is 16.0. The van der Waals surface area contributed by atoms with E-state index in [-0.39, 0.29) is 11.4 Å². The fourth-order valence-electron chi connectivity index (χ4n) is 1.95. The van der Waals surface area contributed by atoms with Gasteiger partial charge in [0.1, 0.15) is 11.6 Å². The third kappa shape index (κ3) is 3.40. The SMILES string of the molecule is Cc1cc(=O)n(CCNc2cccc(F)c2)c(C)n1. The van der Waals surface area contributed by atoms with E-state index in [2.05, 4.69) is 10.3 Å². The second-order valence-corrected chi connectivity index (χ2v) is 4.37. The van der Waals surface area contributed by atoms with Crippen LogP contribution in [0.3, 0.4) is 0 Å². The first-order valence-corrected chi connectivity index (χ1v) is 6.11. The summed E-state index contributed by atoms with van der Waals surface area (Å²) in [5.41, 5.74) is 1.36. The Bertz CT molecular complexity index is 637. The molecule has 4 nitrogen and oxygen atoms in total. The molecule has 0 fully saturated rings. The lowest BCUT2D eigenvalue weighted by atomic mass is 10.3. The molecule has 1 heterocycles. The van der Waals surface area contributed by atoms with Gasteiger partial charge in [-0.15, -0.1) is 0 Å². The molecule has 0 bridgehead atoms. The molecular weight excluding hydrogens is 245 g/mol. The van der Waals surface area contributed by atoms with Crippen LogP contribution >= 0.6 is 0 Å².